The van der Waals surface area contributed by atoms with E-state index < -0.39 is 18.2 Å². The van der Waals surface area contributed by atoms with Gasteiger partial charge in [0.1, 0.15) is 25.8 Å². The molecule has 1 saturated heterocycles. The Bertz CT molecular complexity index is 1880. The number of amides is 4. The molecule has 2 heterocycles. The number of hydrogen-bond donors (Lipinski definition) is 2. The van der Waals surface area contributed by atoms with Crippen LogP contribution in [-0.2, 0) is 32.3 Å². The number of ether oxygens (including phenoxy) is 2. The van der Waals surface area contributed by atoms with Gasteiger partial charge in [-0.25, -0.2) is 14.5 Å². The normalized spacial score (nSPS) is 14.5. The summed E-state index contributed by atoms with van der Waals surface area (Å²) in [6.07, 6.45) is -0.0198. The van der Waals surface area contributed by atoms with E-state index in [9.17, 15) is 19.2 Å². The number of benzene rings is 4. The first-order valence-electron chi connectivity index (χ1n) is 17.0. The van der Waals surface area contributed by atoms with Gasteiger partial charge in [0, 0.05) is 61.6 Å². The van der Waals surface area contributed by atoms with E-state index in [1.54, 1.807) is 40.9 Å². The van der Waals surface area contributed by atoms with Gasteiger partial charge in [-0.1, -0.05) is 54.2 Å². The molecular formula is C39H42N6O6S. The molecule has 2 aliphatic heterocycles. The molecule has 1 atom stereocenters. The van der Waals surface area contributed by atoms with Crippen LogP contribution in [0, 0.1) is 0 Å². The number of hydrogen-bond acceptors (Lipinski definition) is 9. The lowest BCUT2D eigenvalue weighted by Gasteiger charge is -2.32. The molecule has 0 saturated carbocycles. The van der Waals surface area contributed by atoms with Crippen LogP contribution in [0.4, 0.5) is 38.0 Å². The summed E-state index contributed by atoms with van der Waals surface area (Å²) in [6, 6.07) is 27.6. The van der Waals surface area contributed by atoms with E-state index in [2.05, 4.69) is 22.8 Å². The molecule has 4 amide bonds. The molecule has 2 aliphatic rings. The maximum atomic E-state index is 13.7. The molecule has 0 radical (unpaired) electrons. The second-order valence-corrected chi connectivity index (χ2v) is 14.0. The molecule has 0 spiro atoms. The Morgan fingerprint density at radius 2 is 1.37 bits per heavy atom. The van der Waals surface area contributed by atoms with Crippen molar-refractivity contribution < 1.29 is 28.7 Å². The summed E-state index contributed by atoms with van der Waals surface area (Å²) >= 11 is 1.62. The zero-order valence-electron chi connectivity index (χ0n) is 29.6. The summed E-state index contributed by atoms with van der Waals surface area (Å²) in [5.41, 5.74) is 5.68. The number of rotatable bonds is 10. The number of nitrogens with one attached hydrogen (secondary N) is 2. The first kappa shape index (κ1) is 36.1. The van der Waals surface area contributed by atoms with Gasteiger partial charge < -0.3 is 34.8 Å². The van der Waals surface area contributed by atoms with Crippen LogP contribution in [0.3, 0.4) is 0 Å². The predicted molar refractivity (Wildman–Crippen MR) is 202 cm³/mol. The van der Waals surface area contributed by atoms with Gasteiger partial charge in [0.2, 0.25) is 11.8 Å². The highest BCUT2D eigenvalue weighted by molar-refractivity contribution is 7.99. The molecular weight excluding hydrogens is 681 g/mol. The molecule has 13 heteroatoms. The standard InChI is InChI=1S/C39H42N6O6S/c1-42(2)29-16-18-31-34(21-29)52-35-22-30(43(3)4)17-19-32(35)45(31)39(49)51-25-27-12-14-28(15-13-27)41-37(47)33-11-8-20-44(33)36(46)23-40-38(48)50-24-26-9-6-5-7-10-26/h5-7,9-10,12-19,21-22,33H,8,11,20,23-25H2,1-4H3,(H,40,48)(H,41,47)/t33-/m0/s1. The number of fused-ring (bicyclic) bond motifs is 2. The van der Waals surface area contributed by atoms with Crippen molar-refractivity contribution in [3.8, 4) is 0 Å². The third kappa shape index (κ3) is 8.43. The third-order valence-corrected chi connectivity index (χ3v) is 9.95. The lowest BCUT2D eigenvalue weighted by Crippen LogP contribution is -2.47. The van der Waals surface area contributed by atoms with Gasteiger partial charge in [0.05, 0.1) is 11.4 Å². The Kier molecular flexibility index (Phi) is 11.2. The van der Waals surface area contributed by atoms with Crippen LogP contribution in [0.1, 0.15) is 24.0 Å². The zero-order chi connectivity index (χ0) is 36.8. The van der Waals surface area contributed by atoms with Gasteiger partial charge in [0.15, 0.2) is 0 Å². The number of likely N-dealkylation sites (tertiary alicyclic amines) is 1. The minimum atomic E-state index is -0.704. The van der Waals surface area contributed by atoms with Crippen LogP contribution >= 0.6 is 11.8 Å². The van der Waals surface area contributed by atoms with Crippen LogP contribution in [0.5, 0.6) is 0 Å². The van der Waals surface area contributed by atoms with Crippen molar-refractivity contribution in [3.05, 3.63) is 102 Å². The lowest BCUT2D eigenvalue weighted by atomic mass is 10.1. The molecule has 4 aromatic rings. The minimum Gasteiger partial charge on any atom is -0.445 e. The van der Waals surface area contributed by atoms with Crippen molar-refractivity contribution >= 4 is 64.2 Å². The maximum Gasteiger partial charge on any atom is 0.419 e. The Morgan fingerprint density at radius 1 is 0.769 bits per heavy atom. The van der Waals surface area contributed by atoms with E-state index in [0.29, 0.717) is 25.1 Å². The lowest BCUT2D eigenvalue weighted by molar-refractivity contribution is -0.135. The number of nitrogens with zero attached hydrogens (tertiary/aromatic N) is 4. The fraction of sp³-hybridized carbons (Fsp3) is 0.282. The van der Waals surface area contributed by atoms with Crippen molar-refractivity contribution in [1.82, 2.24) is 10.2 Å². The van der Waals surface area contributed by atoms with Crippen molar-refractivity contribution in [1.29, 1.82) is 0 Å². The predicted octanol–water partition coefficient (Wildman–Crippen LogP) is 6.61. The van der Waals surface area contributed by atoms with Crippen LogP contribution in [0.15, 0.2) is 101 Å². The summed E-state index contributed by atoms with van der Waals surface area (Å²) in [5, 5.41) is 5.37. The van der Waals surface area contributed by atoms with Crippen LogP contribution in [0.25, 0.3) is 0 Å². The second kappa shape index (κ2) is 16.1. The average molecular weight is 723 g/mol. The largest absolute Gasteiger partial charge is 0.445 e. The Hall–Kier alpha value is -5.69. The third-order valence-electron chi connectivity index (χ3n) is 8.86. The minimum absolute atomic E-state index is 0.0264. The number of alkyl carbamates (subject to hydrolysis) is 1. The summed E-state index contributed by atoms with van der Waals surface area (Å²) in [5.74, 6) is -0.674. The van der Waals surface area contributed by atoms with E-state index in [4.69, 9.17) is 9.47 Å². The quantitative estimate of drug-likeness (QED) is 0.186. The van der Waals surface area contributed by atoms with Gasteiger partial charge in [-0.15, -0.1) is 0 Å². The first-order valence-corrected chi connectivity index (χ1v) is 17.8. The Labute approximate surface area is 307 Å². The van der Waals surface area contributed by atoms with Crippen LogP contribution < -0.4 is 25.3 Å². The number of anilines is 5. The van der Waals surface area contributed by atoms with Gasteiger partial charge in [0.25, 0.3) is 0 Å². The smallest absolute Gasteiger partial charge is 0.419 e. The van der Waals surface area contributed by atoms with E-state index in [-0.39, 0.29) is 31.6 Å². The molecule has 0 unspecified atom stereocenters. The molecule has 0 aromatic heterocycles. The summed E-state index contributed by atoms with van der Waals surface area (Å²) in [7, 11) is 7.93. The maximum absolute atomic E-state index is 13.7. The topological polar surface area (TPSA) is 124 Å². The summed E-state index contributed by atoms with van der Waals surface area (Å²) < 4.78 is 11.0. The number of carbonyl (C=O) groups excluding carboxylic acids is 4. The van der Waals surface area contributed by atoms with Gasteiger partial charge >= 0.3 is 12.2 Å². The van der Waals surface area contributed by atoms with E-state index in [1.807, 2.05) is 92.6 Å². The summed E-state index contributed by atoms with van der Waals surface area (Å²) in [4.78, 5) is 61.0. The molecule has 270 valence electrons. The summed E-state index contributed by atoms with van der Waals surface area (Å²) in [6.45, 7) is 0.263. The van der Waals surface area contributed by atoms with Crippen LogP contribution in [-0.4, -0.2) is 76.2 Å². The molecule has 6 rings (SSSR count). The van der Waals surface area contributed by atoms with Crippen molar-refractivity contribution in [2.24, 2.45) is 0 Å². The Balaban J connectivity index is 1.04. The Morgan fingerprint density at radius 3 is 1.98 bits per heavy atom. The molecule has 0 aliphatic carbocycles. The van der Waals surface area contributed by atoms with Crippen molar-refractivity contribution in [2.45, 2.75) is 41.9 Å². The van der Waals surface area contributed by atoms with Crippen molar-refractivity contribution in [2.75, 3.05) is 61.3 Å². The van der Waals surface area contributed by atoms with Gasteiger partial charge in [-0.2, -0.15) is 0 Å². The van der Waals surface area contributed by atoms with Crippen molar-refractivity contribution in [3.63, 3.8) is 0 Å². The van der Waals surface area contributed by atoms with Gasteiger partial charge in [-0.05, 0) is 72.5 Å². The molecule has 12 nitrogen and oxygen atoms in total. The monoisotopic (exact) mass is 722 g/mol. The fourth-order valence-electron chi connectivity index (χ4n) is 6.02. The molecule has 52 heavy (non-hydrogen) atoms. The molecule has 4 aromatic carbocycles. The highest BCUT2D eigenvalue weighted by Crippen LogP contribution is 2.50. The molecule has 1 fully saturated rings. The number of carbonyl (C=O) groups is 4. The van der Waals surface area contributed by atoms with E-state index in [0.717, 1.165) is 43.7 Å². The highest BCUT2D eigenvalue weighted by Gasteiger charge is 2.34. The molecule has 0 bridgehead atoms. The van der Waals surface area contributed by atoms with E-state index in [1.165, 1.54) is 4.90 Å². The zero-order valence-corrected chi connectivity index (χ0v) is 30.4. The van der Waals surface area contributed by atoms with Crippen LogP contribution in [0.2, 0.25) is 0 Å². The first-order chi connectivity index (χ1) is 25.1. The average Bonchev–Trinajstić information content (AvgIpc) is 3.65. The fourth-order valence-corrected chi connectivity index (χ4v) is 7.14. The molecule has 2 N–H and O–H groups in total. The van der Waals surface area contributed by atoms with E-state index >= 15 is 0 Å². The highest BCUT2D eigenvalue weighted by atomic mass is 32.2. The van der Waals surface area contributed by atoms with Gasteiger partial charge in [-0.3, -0.25) is 9.59 Å². The SMILES string of the molecule is CN(C)c1ccc2c(c1)Sc1cc(N(C)C)ccc1N2C(=O)OCc1ccc(NC(=O)[C@@H]2CCCN2C(=O)CNC(=O)OCc2ccccc2)cc1. The second-order valence-electron chi connectivity index (χ2n) is 12.9.